The minimum absolute atomic E-state index is 0.172. The number of amides is 2. The largest absolute Gasteiger partial charge is 0.321 e. The summed E-state index contributed by atoms with van der Waals surface area (Å²) >= 11 is 0. The molecule has 4 nitrogen and oxygen atoms in total. The van der Waals surface area contributed by atoms with Crippen LogP contribution in [0.15, 0.2) is 24.3 Å². The van der Waals surface area contributed by atoms with Crippen LogP contribution in [0.1, 0.15) is 0 Å². The molecule has 1 aliphatic rings. The minimum atomic E-state index is -0.349. The summed E-state index contributed by atoms with van der Waals surface area (Å²) in [5.41, 5.74) is 0.489. The molecule has 1 fully saturated rings. The topological polar surface area (TPSA) is 35.6 Å². The quantitative estimate of drug-likeness (QED) is 0.848. The average Bonchev–Trinajstić information content (AvgIpc) is 2.13. The Bertz CT molecular complexity index is 416. The van der Waals surface area contributed by atoms with Gasteiger partial charge in [0, 0.05) is 24.8 Å². The molecule has 92 valence electrons. The van der Waals surface area contributed by atoms with Crippen LogP contribution in [0.2, 0.25) is 0 Å². The SMILES string of the molecule is CN(C)C1CN(C(=O)Nc2cccc(F)c2)C1. The Balaban J connectivity index is 1.87. The van der Waals surface area contributed by atoms with Crippen molar-refractivity contribution in [3.8, 4) is 0 Å². The first-order valence-corrected chi connectivity index (χ1v) is 5.54. The van der Waals surface area contributed by atoms with Crippen molar-refractivity contribution in [1.82, 2.24) is 9.80 Å². The zero-order valence-electron chi connectivity index (χ0n) is 9.98. The van der Waals surface area contributed by atoms with E-state index in [9.17, 15) is 9.18 Å². The molecule has 0 radical (unpaired) electrons. The van der Waals surface area contributed by atoms with Gasteiger partial charge in [-0.15, -0.1) is 0 Å². The van der Waals surface area contributed by atoms with Gasteiger partial charge >= 0.3 is 6.03 Å². The maximum absolute atomic E-state index is 12.9. The third-order valence-electron chi connectivity index (χ3n) is 2.96. The van der Waals surface area contributed by atoms with Crippen LogP contribution in [0, 0.1) is 5.82 Å². The molecule has 2 rings (SSSR count). The Kier molecular flexibility index (Phi) is 3.28. The highest BCUT2D eigenvalue weighted by molar-refractivity contribution is 5.89. The van der Waals surface area contributed by atoms with Crippen molar-refractivity contribution in [2.24, 2.45) is 0 Å². The molecule has 1 aliphatic heterocycles. The standard InChI is InChI=1S/C12H16FN3O/c1-15(2)11-7-16(8-11)12(17)14-10-5-3-4-9(13)6-10/h3-6,11H,7-8H2,1-2H3,(H,14,17). The molecule has 0 saturated carbocycles. The van der Waals surface area contributed by atoms with Crippen molar-refractivity contribution >= 4 is 11.7 Å². The predicted molar refractivity (Wildman–Crippen MR) is 64.5 cm³/mol. The van der Waals surface area contributed by atoms with E-state index in [4.69, 9.17) is 0 Å². The number of halogens is 1. The number of hydrogen-bond acceptors (Lipinski definition) is 2. The number of rotatable bonds is 2. The summed E-state index contributed by atoms with van der Waals surface area (Å²) in [6.07, 6.45) is 0. The number of carbonyl (C=O) groups is 1. The number of likely N-dealkylation sites (tertiary alicyclic amines) is 1. The van der Waals surface area contributed by atoms with Crippen molar-refractivity contribution in [3.05, 3.63) is 30.1 Å². The fourth-order valence-electron chi connectivity index (χ4n) is 1.72. The maximum Gasteiger partial charge on any atom is 0.321 e. The van der Waals surface area contributed by atoms with E-state index in [1.54, 1.807) is 17.0 Å². The number of likely N-dealkylation sites (N-methyl/N-ethyl adjacent to an activating group) is 1. The molecule has 1 N–H and O–H groups in total. The maximum atomic E-state index is 12.9. The van der Waals surface area contributed by atoms with Crippen molar-refractivity contribution in [1.29, 1.82) is 0 Å². The molecule has 1 heterocycles. The molecular weight excluding hydrogens is 221 g/mol. The first kappa shape index (κ1) is 11.9. The van der Waals surface area contributed by atoms with Crippen molar-refractivity contribution in [2.75, 3.05) is 32.5 Å². The molecule has 17 heavy (non-hydrogen) atoms. The van der Waals surface area contributed by atoms with Gasteiger partial charge < -0.3 is 15.1 Å². The third kappa shape index (κ3) is 2.74. The first-order chi connectivity index (χ1) is 8.06. The Hall–Kier alpha value is -1.62. The fourth-order valence-corrected chi connectivity index (χ4v) is 1.72. The molecular formula is C12H16FN3O. The minimum Gasteiger partial charge on any atom is -0.321 e. The molecule has 1 aromatic rings. The summed E-state index contributed by atoms with van der Waals surface area (Å²) in [5, 5.41) is 2.67. The van der Waals surface area contributed by atoms with Gasteiger partial charge in [-0.1, -0.05) is 6.07 Å². The molecule has 1 aromatic carbocycles. The smallest absolute Gasteiger partial charge is 0.321 e. The first-order valence-electron chi connectivity index (χ1n) is 5.54. The van der Waals surface area contributed by atoms with Crippen molar-refractivity contribution in [3.63, 3.8) is 0 Å². The van der Waals surface area contributed by atoms with E-state index in [2.05, 4.69) is 10.2 Å². The Morgan fingerprint density at radius 2 is 2.18 bits per heavy atom. The number of nitrogens with zero attached hydrogens (tertiary/aromatic N) is 2. The Morgan fingerprint density at radius 1 is 1.47 bits per heavy atom. The van der Waals surface area contributed by atoms with E-state index in [0.717, 1.165) is 0 Å². The Morgan fingerprint density at radius 3 is 2.76 bits per heavy atom. The third-order valence-corrected chi connectivity index (χ3v) is 2.96. The normalized spacial score (nSPS) is 15.9. The molecule has 5 heteroatoms. The van der Waals surface area contributed by atoms with E-state index < -0.39 is 0 Å². The zero-order chi connectivity index (χ0) is 12.4. The summed E-state index contributed by atoms with van der Waals surface area (Å²) in [5.74, 6) is -0.349. The van der Waals surface area contributed by atoms with Gasteiger partial charge in [0.2, 0.25) is 0 Å². The summed E-state index contributed by atoms with van der Waals surface area (Å²) in [7, 11) is 3.99. The summed E-state index contributed by atoms with van der Waals surface area (Å²) < 4.78 is 12.9. The number of benzene rings is 1. The second-order valence-electron chi connectivity index (χ2n) is 4.46. The summed E-state index contributed by atoms with van der Waals surface area (Å²) in [6.45, 7) is 1.43. The fraction of sp³-hybridized carbons (Fsp3) is 0.417. The molecule has 0 unspecified atom stereocenters. The number of anilines is 1. The van der Waals surface area contributed by atoms with Crippen LogP contribution in [0.4, 0.5) is 14.9 Å². The van der Waals surface area contributed by atoms with Crippen LogP contribution in [0.3, 0.4) is 0 Å². The molecule has 0 aliphatic carbocycles. The van der Waals surface area contributed by atoms with Crippen LogP contribution in [0.25, 0.3) is 0 Å². The zero-order valence-corrected chi connectivity index (χ0v) is 9.98. The molecule has 0 atom stereocenters. The van der Waals surface area contributed by atoms with Crippen LogP contribution >= 0.6 is 0 Å². The number of hydrogen-bond donors (Lipinski definition) is 1. The molecule has 0 aromatic heterocycles. The van der Waals surface area contributed by atoms with Gasteiger partial charge in [-0.3, -0.25) is 0 Å². The molecule has 0 spiro atoms. The van der Waals surface area contributed by atoms with E-state index in [1.165, 1.54) is 12.1 Å². The van der Waals surface area contributed by atoms with Crippen LogP contribution in [-0.2, 0) is 0 Å². The van der Waals surface area contributed by atoms with Gasteiger partial charge in [-0.05, 0) is 32.3 Å². The highest BCUT2D eigenvalue weighted by Crippen LogP contribution is 2.15. The van der Waals surface area contributed by atoms with E-state index in [0.29, 0.717) is 24.8 Å². The number of urea groups is 1. The summed E-state index contributed by atoms with van der Waals surface area (Å²) in [4.78, 5) is 15.5. The highest BCUT2D eigenvalue weighted by atomic mass is 19.1. The second-order valence-corrected chi connectivity index (χ2v) is 4.46. The molecule has 2 amide bonds. The lowest BCUT2D eigenvalue weighted by Crippen LogP contribution is -2.60. The van der Waals surface area contributed by atoms with Crippen LogP contribution in [0.5, 0.6) is 0 Å². The average molecular weight is 237 g/mol. The van der Waals surface area contributed by atoms with Gasteiger partial charge in [0.15, 0.2) is 0 Å². The van der Waals surface area contributed by atoms with Gasteiger partial charge in [0.1, 0.15) is 5.82 Å². The number of carbonyl (C=O) groups excluding carboxylic acids is 1. The van der Waals surface area contributed by atoms with Crippen molar-refractivity contribution in [2.45, 2.75) is 6.04 Å². The lowest BCUT2D eigenvalue weighted by molar-refractivity contribution is 0.0942. The van der Waals surface area contributed by atoms with Gasteiger partial charge in [-0.2, -0.15) is 0 Å². The van der Waals surface area contributed by atoms with Crippen LogP contribution in [-0.4, -0.2) is 49.1 Å². The Labute approximate surface area is 100 Å². The molecule has 1 saturated heterocycles. The van der Waals surface area contributed by atoms with Gasteiger partial charge in [0.05, 0.1) is 0 Å². The predicted octanol–water partition coefficient (Wildman–Crippen LogP) is 1.60. The van der Waals surface area contributed by atoms with Crippen LogP contribution < -0.4 is 5.32 Å². The van der Waals surface area contributed by atoms with E-state index >= 15 is 0 Å². The van der Waals surface area contributed by atoms with Gasteiger partial charge in [0.25, 0.3) is 0 Å². The van der Waals surface area contributed by atoms with Gasteiger partial charge in [-0.25, -0.2) is 9.18 Å². The number of nitrogens with one attached hydrogen (secondary N) is 1. The summed E-state index contributed by atoms with van der Waals surface area (Å²) in [6, 6.07) is 6.15. The van der Waals surface area contributed by atoms with E-state index in [1.807, 2.05) is 14.1 Å². The lowest BCUT2D eigenvalue weighted by Gasteiger charge is -2.42. The van der Waals surface area contributed by atoms with Crippen molar-refractivity contribution < 1.29 is 9.18 Å². The lowest BCUT2D eigenvalue weighted by atomic mass is 10.1. The molecule has 0 bridgehead atoms. The highest BCUT2D eigenvalue weighted by Gasteiger charge is 2.31. The second kappa shape index (κ2) is 4.71. The monoisotopic (exact) mass is 237 g/mol. The van der Waals surface area contributed by atoms with E-state index in [-0.39, 0.29) is 11.8 Å².